The monoisotopic (exact) mass is 565 g/mol. The lowest BCUT2D eigenvalue weighted by Crippen LogP contribution is -2.41. The Kier molecular flexibility index (Phi) is 11.2. The Morgan fingerprint density at radius 2 is 1.80 bits per heavy atom. The number of thiophene rings is 1. The predicted molar refractivity (Wildman–Crippen MR) is 138 cm³/mol. The van der Waals surface area contributed by atoms with Crippen molar-refractivity contribution in [2.24, 2.45) is 11.7 Å². The Balaban J connectivity index is 0.000000328. The zero-order chi connectivity index (χ0) is 26.2. The molecule has 5 N–H and O–H groups in total. The van der Waals surface area contributed by atoms with E-state index < -0.39 is 10.1 Å². The molecule has 3 heterocycles. The first-order chi connectivity index (χ1) is 16.3. The summed E-state index contributed by atoms with van der Waals surface area (Å²) in [5.74, 6) is 0.196. The average molecular weight is 567 g/mol. The quantitative estimate of drug-likeness (QED) is 0.373. The molecule has 0 atom stereocenters. The Morgan fingerprint density at radius 3 is 2.26 bits per heavy atom. The van der Waals surface area contributed by atoms with Crippen molar-refractivity contribution in [3.8, 4) is 0 Å². The van der Waals surface area contributed by atoms with E-state index in [0.717, 1.165) is 67.0 Å². The van der Waals surface area contributed by atoms with Crippen LogP contribution in [0.25, 0.3) is 0 Å². The molecule has 14 heteroatoms. The second-order valence-electron chi connectivity index (χ2n) is 8.14. The van der Waals surface area contributed by atoms with Gasteiger partial charge in [-0.3, -0.25) is 14.3 Å². The highest BCUT2D eigenvalue weighted by molar-refractivity contribution is 7.86. The third-order valence-electron chi connectivity index (χ3n) is 5.15. The fraction of sp³-hybridized carbons (Fsp3) is 0.476. The van der Waals surface area contributed by atoms with Gasteiger partial charge in [0, 0.05) is 36.6 Å². The van der Waals surface area contributed by atoms with Crippen molar-refractivity contribution >= 4 is 62.3 Å². The van der Waals surface area contributed by atoms with Gasteiger partial charge in [-0.2, -0.15) is 8.42 Å². The Hall–Kier alpha value is -1.96. The summed E-state index contributed by atoms with van der Waals surface area (Å²) in [6.07, 6.45) is 2.47. The fourth-order valence-corrected chi connectivity index (χ4v) is 6.22. The van der Waals surface area contributed by atoms with E-state index in [0.29, 0.717) is 18.9 Å². The predicted octanol–water partition coefficient (Wildman–Crippen LogP) is 3.71. The summed E-state index contributed by atoms with van der Waals surface area (Å²) in [6.45, 7) is 7.10. The maximum absolute atomic E-state index is 11.9. The van der Waals surface area contributed by atoms with Gasteiger partial charge < -0.3 is 21.3 Å². The molecule has 35 heavy (non-hydrogen) atoms. The van der Waals surface area contributed by atoms with Crippen LogP contribution in [0.5, 0.6) is 0 Å². The number of nitrogens with zero attached hydrogens (tertiary/aromatic N) is 2. The van der Waals surface area contributed by atoms with Crippen LogP contribution in [0.1, 0.15) is 30.7 Å². The zero-order valence-corrected chi connectivity index (χ0v) is 22.5. The standard InChI is InChI=1S/C17H27N5O2.C4H2Cl2O3S2/c1-12-9-15(10-13(2)20-12)21-17(24)19-5-8-22-6-3-14(4-7-22)11-16(18)23;5-3-1-2(4(6)10-3)11(7,8)9/h9-10,14H,3-8,11H2,1-2H3,(H2,18,23)(H2,19,20,21,24);1H,(H,7,8,9). The van der Waals surface area contributed by atoms with Crippen LogP contribution < -0.4 is 16.4 Å². The Bertz CT molecular complexity index is 1110. The molecule has 1 saturated heterocycles. The molecule has 2 aromatic rings. The highest BCUT2D eigenvalue weighted by atomic mass is 35.5. The molecule has 0 radical (unpaired) electrons. The van der Waals surface area contributed by atoms with Gasteiger partial charge in [0.1, 0.15) is 9.23 Å². The van der Waals surface area contributed by atoms with Crippen molar-refractivity contribution in [3.05, 3.63) is 38.3 Å². The van der Waals surface area contributed by atoms with Gasteiger partial charge in [-0.25, -0.2) is 4.79 Å². The summed E-state index contributed by atoms with van der Waals surface area (Å²) >= 11 is 11.7. The second-order valence-corrected chi connectivity index (χ2v) is 11.8. The van der Waals surface area contributed by atoms with Crippen LogP contribution in [0.3, 0.4) is 0 Å². The summed E-state index contributed by atoms with van der Waals surface area (Å²) in [7, 11) is -4.22. The summed E-state index contributed by atoms with van der Waals surface area (Å²) in [6, 6.07) is 4.58. The summed E-state index contributed by atoms with van der Waals surface area (Å²) in [5, 5.41) is 5.70. The normalized spacial score (nSPS) is 14.7. The maximum Gasteiger partial charge on any atom is 0.319 e. The number of aryl methyl sites for hydroxylation is 2. The number of piperidine rings is 1. The number of likely N-dealkylation sites (tertiary alicyclic amines) is 1. The van der Waals surface area contributed by atoms with Crippen LogP contribution in [0, 0.1) is 19.8 Å². The molecule has 0 aromatic carbocycles. The van der Waals surface area contributed by atoms with Crippen molar-refractivity contribution in [1.29, 1.82) is 0 Å². The van der Waals surface area contributed by atoms with Gasteiger partial charge in [-0.15, -0.1) is 11.3 Å². The fourth-order valence-electron chi connectivity index (χ4n) is 3.61. The van der Waals surface area contributed by atoms with E-state index >= 15 is 0 Å². The number of anilines is 1. The van der Waals surface area contributed by atoms with Crippen molar-refractivity contribution in [1.82, 2.24) is 15.2 Å². The summed E-state index contributed by atoms with van der Waals surface area (Å²) in [5.41, 5.74) is 7.75. The number of hydrogen-bond acceptors (Lipinski definition) is 7. The molecular formula is C21H29Cl2N5O5S2. The number of amides is 3. The molecule has 0 unspecified atom stereocenters. The van der Waals surface area contributed by atoms with Gasteiger partial charge in [0.25, 0.3) is 10.1 Å². The number of urea groups is 1. The van der Waals surface area contributed by atoms with Crippen molar-refractivity contribution in [3.63, 3.8) is 0 Å². The Morgan fingerprint density at radius 1 is 1.20 bits per heavy atom. The zero-order valence-electron chi connectivity index (χ0n) is 19.4. The molecule has 194 valence electrons. The van der Waals surface area contributed by atoms with E-state index in [1.807, 2.05) is 26.0 Å². The molecule has 3 amide bonds. The van der Waals surface area contributed by atoms with E-state index in [1.54, 1.807) is 0 Å². The topological polar surface area (TPSA) is 155 Å². The molecule has 1 aliphatic heterocycles. The minimum atomic E-state index is -4.22. The van der Waals surface area contributed by atoms with Gasteiger partial charge in [0.15, 0.2) is 0 Å². The molecule has 0 aliphatic carbocycles. The third-order valence-corrected chi connectivity index (χ3v) is 7.76. The van der Waals surface area contributed by atoms with Gasteiger partial charge in [0.05, 0.1) is 4.34 Å². The number of nitrogens with two attached hydrogens (primary N) is 1. The minimum Gasteiger partial charge on any atom is -0.370 e. The number of carbonyl (C=O) groups excluding carboxylic acids is 2. The SMILES string of the molecule is Cc1cc(NC(=O)NCCN2CCC(CC(N)=O)CC2)cc(C)n1.O=S(=O)(O)c1cc(Cl)sc1Cl. The van der Waals surface area contributed by atoms with Gasteiger partial charge in [-0.1, -0.05) is 23.2 Å². The first kappa shape index (κ1) is 29.3. The van der Waals surface area contributed by atoms with Crippen LogP contribution in [0.15, 0.2) is 23.1 Å². The van der Waals surface area contributed by atoms with Gasteiger partial charge in [-0.05, 0) is 63.9 Å². The van der Waals surface area contributed by atoms with E-state index in [4.69, 9.17) is 33.5 Å². The van der Waals surface area contributed by atoms with Crippen molar-refractivity contribution < 1.29 is 22.6 Å². The van der Waals surface area contributed by atoms with E-state index in [-0.39, 0.29) is 25.5 Å². The number of aromatic nitrogens is 1. The number of halogens is 2. The number of rotatable bonds is 7. The first-order valence-electron chi connectivity index (χ1n) is 10.8. The third kappa shape index (κ3) is 10.7. The molecule has 1 fully saturated rings. The second kappa shape index (κ2) is 13.4. The van der Waals surface area contributed by atoms with Crippen molar-refractivity contribution in [2.45, 2.75) is 38.0 Å². The summed E-state index contributed by atoms with van der Waals surface area (Å²) in [4.78, 5) is 29.1. The average Bonchev–Trinajstić information content (AvgIpc) is 3.07. The number of nitrogens with one attached hydrogen (secondary N) is 2. The van der Waals surface area contributed by atoms with E-state index in [2.05, 4.69) is 20.5 Å². The number of primary amides is 1. The molecular weight excluding hydrogens is 537 g/mol. The number of carbonyl (C=O) groups is 2. The van der Waals surface area contributed by atoms with E-state index in [1.165, 1.54) is 0 Å². The highest BCUT2D eigenvalue weighted by Crippen LogP contribution is 2.33. The molecule has 0 saturated carbocycles. The lowest BCUT2D eigenvalue weighted by molar-refractivity contribution is -0.119. The molecule has 0 bridgehead atoms. The highest BCUT2D eigenvalue weighted by Gasteiger charge is 2.20. The lowest BCUT2D eigenvalue weighted by atomic mass is 9.93. The molecule has 2 aromatic heterocycles. The number of pyridine rings is 1. The largest absolute Gasteiger partial charge is 0.370 e. The van der Waals surface area contributed by atoms with Crippen LogP contribution in [-0.4, -0.2) is 61.0 Å². The van der Waals surface area contributed by atoms with Crippen LogP contribution >= 0.6 is 34.5 Å². The summed E-state index contributed by atoms with van der Waals surface area (Å²) < 4.78 is 29.7. The smallest absolute Gasteiger partial charge is 0.319 e. The van der Waals surface area contributed by atoms with Gasteiger partial charge >= 0.3 is 6.03 Å². The molecule has 1 aliphatic rings. The lowest BCUT2D eigenvalue weighted by Gasteiger charge is -2.31. The first-order valence-corrected chi connectivity index (χ1v) is 13.8. The maximum atomic E-state index is 11.9. The molecule has 10 nitrogen and oxygen atoms in total. The van der Waals surface area contributed by atoms with E-state index in [9.17, 15) is 18.0 Å². The molecule has 3 rings (SSSR count). The van der Waals surface area contributed by atoms with Gasteiger partial charge in [0.2, 0.25) is 5.91 Å². The number of hydrogen-bond donors (Lipinski definition) is 4. The Labute approximate surface area is 218 Å². The van der Waals surface area contributed by atoms with Crippen LogP contribution in [0.2, 0.25) is 8.67 Å². The molecule has 0 spiro atoms. The van der Waals surface area contributed by atoms with Crippen LogP contribution in [-0.2, 0) is 14.9 Å². The van der Waals surface area contributed by atoms with Crippen molar-refractivity contribution in [2.75, 3.05) is 31.5 Å². The van der Waals surface area contributed by atoms with Crippen LogP contribution in [0.4, 0.5) is 10.5 Å². The minimum absolute atomic E-state index is 0.0301.